The molecule has 0 spiro atoms. The Kier molecular flexibility index (Phi) is 6.09. The van der Waals surface area contributed by atoms with Crippen LogP contribution in [0.4, 0.5) is 5.69 Å². The molecule has 1 aliphatic heterocycles. The highest BCUT2D eigenvalue weighted by atomic mass is 35.5. The zero-order chi connectivity index (χ0) is 20.4. The number of aliphatic imine (C=N–C) groups is 1. The molecule has 2 N–H and O–H groups in total. The number of fused-ring (bicyclic) bond motifs is 1. The van der Waals surface area contributed by atoms with Crippen LogP contribution in [0.15, 0.2) is 41.4 Å². The maximum Gasteiger partial charge on any atom is 0.251 e. The van der Waals surface area contributed by atoms with Crippen LogP contribution in [0.25, 0.3) is 0 Å². The number of aliphatic hydroxyl groups excluding tert-OH is 1. The highest BCUT2D eigenvalue weighted by molar-refractivity contribution is 6.42. The number of benzene rings is 2. The molecule has 1 saturated heterocycles. The summed E-state index contributed by atoms with van der Waals surface area (Å²) in [4.78, 5) is 19.6. The van der Waals surface area contributed by atoms with Gasteiger partial charge in [0, 0.05) is 18.7 Å². The summed E-state index contributed by atoms with van der Waals surface area (Å²) in [6.07, 6.45) is 4.99. The van der Waals surface area contributed by atoms with Crippen molar-refractivity contribution in [1.29, 1.82) is 0 Å². The van der Waals surface area contributed by atoms with Crippen LogP contribution in [-0.2, 0) is 6.42 Å². The zero-order valence-corrected chi connectivity index (χ0v) is 17.5. The Morgan fingerprint density at radius 1 is 1.14 bits per heavy atom. The van der Waals surface area contributed by atoms with Crippen LogP contribution < -0.4 is 5.32 Å². The summed E-state index contributed by atoms with van der Waals surface area (Å²) < 4.78 is 0. The summed E-state index contributed by atoms with van der Waals surface area (Å²) in [5, 5.41) is 14.3. The standard InChI is InChI=1S/C22H23Cl2N3O2/c23-18-7-4-15(11-19(18)24)22(29)26-21-17-12-16(25-13-27-9-1-2-10-27)6-3-14(17)5-8-20(21)28/h3-4,6-7,11-13,20-21,28H,1-2,5,8-10H2,(H,26,29). The second-order valence-corrected chi connectivity index (χ2v) is 8.37. The Morgan fingerprint density at radius 3 is 2.69 bits per heavy atom. The average molecular weight is 432 g/mol. The van der Waals surface area contributed by atoms with Crippen molar-refractivity contribution >= 4 is 41.1 Å². The number of aliphatic hydroxyl groups is 1. The first kappa shape index (κ1) is 20.2. The number of aryl methyl sites for hydroxylation is 1. The van der Waals surface area contributed by atoms with Gasteiger partial charge in [0.25, 0.3) is 5.91 Å². The van der Waals surface area contributed by atoms with Gasteiger partial charge < -0.3 is 15.3 Å². The summed E-state index contributed by atoms with van der Waals surface area (Å²) in [6, 6.07) is 10.2. The quantitative estimate of drug-likeness (QED) is 0.551. The smallest absolute Gasteiger partial charge is 0.251 e. The lowest BCUT2D eigenvalue weighted by molar-refractivity contribution is 0.0792. The molecule has 0 aromatic heterocycles. The van der Waals surface area contributed by atoms with Crippen molar-refractivity contribution in [2.75, 3.05) is 13.1 Å². The van der Waals surface area contributed by atoms with Crippen LogP contribution in [0.2, 0.25) is 10.0 Å². The van der Waals surface area contributed by atoms with Gasteiger partial charge in [0.15, 0.2) is 0 Å². The second kappa shape index (κ2) is 8.74. The second-order valence-electron chi connectivity index (χ2n) is 7.56. The summed E-state index contributed by atoms with van der Waals surface area (Å²) in [7, 11) is 0. The third kappa shape index (κ3) is 4.58. The molecule has 0 radical (unpaired) electrons. The van der Waals surface area contributed by atoms with Gasteiger partial charge in [-0.25, -0.2) is 4.99 Å². The van der Waals surface area contributed by atoms with Gasteiger partial charge in [-0.15, -0.1) is 0 Å². The molecule has 2 atom stereocenters. The van der Waals surface area contributed by atoms with E-state index in [-0.39, 0.29) is 5.91 Å². The average Bonchev–Trinajstić information content (AvgIpc) is 3.24. The fourth-order valence-electron chi connectivity index (χ4n) is 3.90. The first-order chi connectivity index (χ1) is 14.0. The van der Waals surface area contributed by atoms with Crippen molar-refractivity contribution in [1.82, 2.24) is 10.2 Å². The third-order valence-corrected chi connectivity index (χ3v) is 6.28. The summed E-state index contributed by atoms with van der Waals surface area (Å²) >= 11 is 12.0. The zero-order valence-electron chi connectivity index (χ0n) is 15.9. The number of likely N-dealkylation sites (tertiary alicyclic amines) is 1. The van der Waals surface area contributed by atoms with Gasteiger partial charge in [-0.05, 0) is 67.1 Å². The monoisotopic (exact) mass is 431 g/mol. The van der Waals surface area contributed by atoms with E-state index in [1.165, 1.54) is 18.9 Å². The highest BCUT2D eigenvalue weighted by Crippen LogP contribution is 2.33. The van der Waals surface area contributed by atoms with Gasteiger partial charge in [0.2, 0.25) is 0 Å². The molecule has 1 aliphatic carbocycles. The van der Waals surface area contributed by atoms with Gasteiger partial charge >= 0.3 is 0 Å². The number of hydrogen-bond acceptors (Lipinski definition) is 3. The molecule has 1 amide bonds. The van der Waals surface area contributed by atoms with E-state index in [1.54, 1.807) is 12.1 Å². The van der Waals surface area contributed by atoms with E-state index in [0.29, 0.717) is 22.0 Å². The summed E-state index contributed by atoms with van der Waals surface area (Å²) in [5.41, 5.74) is 3.25. The van der Waals surface area contributed by atoms with Crippen molar-refractivity contribution in [3.63, 3.8) is 0 Å². The van der Waals surface area contributed by atoms with Gasteiger partial charge in [-0.1, -0.05) is 29.3 Å². The lowest BCUT2D eigenvalue weighted by Crippen LogP contribution is -2.39. The Balaban J connectivity index is 1.56. The number of nitrogens with one attached hydrogen (secondary N) is 1. The minimum Gasteiger partial charge on any atom is -0.391 e. The summed E-state index contributed by atoms with van der Waals surface area (Å²) in [5.74, 6) is -0.300. The first-order valence-electron chi connectivity index (χ1n) is 9.86. The number of halogens is 2. The van der Waals surface area contributed by atoms with Gasteiger partial charge in [-0.2, -0.15) is 0 Å². The van der Waals surface area contributed by atoms with Crippen molar-refractivity contribution in [3.8, 4) is 0 Å². The van der Waals surface area contributed by atoms with Crippen molar-refractivity contribution < 1.29 is 9.90 Å². The van der Waals surface area contributed by atoms with Crippen LogP contribution in [0, 0.1) is 0 Å². The summed E-state index contributed by atoms with van der Waals surface area (Å²) in [6.45, 7) is 2.07. The molecule has 4 rings (SSSR count). The molecule has 0 bridgehead atoms. The van der Waals surface area contributed by atoms with E-state index in [2.05, 4.69) is 15.2 Å². The maximum atomic E-state index is 12.8. The van der Waals surface area contributed by atoms with Gasteiger partial charge in [-0.3, -0.25) is 4.79 Å². The Bertz CT molecular complexity index is 942. The predicted molar refractivity (Wildman–Crippen MR) is 116 cm³/mol. The SMILES string of the molecule is O=C(NC1c2cc(N=CN3CCCC3)ccc2CCC1O)c1ccc(Cl)c(Cl)c1. The number of nitrogens with zero attached hydrogens (tertiary/aromatic N) is 2. The highest BCUT2D eigenvalue weighted by Gasteiger charge is 2.30. The van der Waals surface area contributed by atoms with E-state index in [4.69, 9.17) is 23.2 Å². The molecule has 29 heavy (non-hydrogen) atoms. The molecule has 152 valence electrons. The number of carbonyl (C=O) groups is 1. The molecular formula is C22H23Cl2N3O2. The van der Waals surface area contributed by atoms with E-state index in [0.717, 1.165) is 36.3 Å². The molecular weight excluding hydrogens is 409 g/mol. The number of rotatable bonds is 4. The predicted octanol–water partition coefficient (Wildman–Crippen LogP) is 4.53. The molecule has 2 aromatic carbocycles. The number of hydrogen-bond donors (Lipinski definition) is 2. The van der Waals surface area contributed by atoms with E-state index in [1.807, 2.05) is 24.5 Å². The normalized spacial score (nSPS) is 21.4. The lowest BCUT2D eigenvalue weighted by atomic mass is 9.85. The Hall–Kier alpha value is -2.08. The topological polar surface area (TPSA) is 64.9 Å². The minimum absolute atomic E-state index is 0.300. The molecule has 5 nitrogen and oxygen atoms in total. The molecule has 0 saturated carbocycles. The van der Waals surface area contributed by atoms with Crippen LogP contribution in [-0.4, -0.2) is 41.4 Å². The van der Waals surface area contributed by atoms with Crippen molar-refractivity contribution in [3.05, 3.63) is 63.1 Å². The Labute approximate surface area is 180 Å². The van der Waals surface area contributed by atoms with Crippen molar-refractivity contribution in [2.45, 2.75) is 37.8 Å². The number of carbonyl (C=O) groups excluding carboxylic acids is 1. The molecule has 2 aromatic rings. The van der Waals surface area contributed by atoms with Crippen molar-refractivity contribution in [2.24, 2.45) is 4.99 Å². The molecule has 2 unspecified atom stereocenters. The van der Waals surface area contributed by atoms with Crippen LogP contribution in [0.5, 0.6) is 0 Å². The fourth-order valence-corrected chi connectivity index (χ4v) is 4.20. The van der Waals surface area contributed by atoms with Gasteiger partial charge in [0.1, 0.15) is 0 Å². The number of amides is 1. The molecule has 7 heteroatoms. The lowest BCUT2D eigenvalue weighted by Gasteiger charge is -2.31. The molecule has 1 heterocycles. The first-order valence-corrected chi connectivity index (χ1v) is 10.6. The van der Waals surface area contributed by atoms with Crippen LogP contribution >= 0.6 is 23.2 Å². The minimum atomic E-state index is -0.660. The van der Waals surface area contributed by atoms with E-state index in [9.17, 15) is 9.90 Å². The van der Waals surface area contributed by atoms with Crippen LogP contribution in [0.3, 0.4) is 0 Å². The third-order valence-electron chi connectivity index (χ3n) is 5.54. The van der Waals surface area contributed by atoms with E-state index >= 15 is 0 Å². The largest absolute Gasteiger partial charge is 0.391 e. The van der Waals surface area contributed by atoms with Crippen LogP contribution in [0.1, 0.15) is 46.8 Å². The van der Waals surface area contributed by atoms with Gasteiger partial charge in [0.05, 0.1) is 34.2 Å². The van der Waals surface area contributed by atoms with E-state index < -0.39 is 12.1 Å². The molecule has 2 aliphatic rings. The molecule has 1 fully saturated rings. The Morgan fingerprint density at radius 2 is 1.93 bits per heavy atom. The fraction of sp³-hybridized carbons (Fsp3) is 0.364. The maximum absolute atomic E-state index is 12.8.